The first-order chi connectivity index (χ1) is 29.3. The molecular weight excluding hydrogens is 745 g/mol. The molecule has 2 atom stereocenters. The lowest BCUT2D eigenvalue weighted by Crippen LogP contribution is -2.30. The van der Waals surface area contributed by atoms with E-state index in [0.717, 1.165) is 69.6 Å². The molecular formula is C54H104O6. The van der Waals surface area contributed by atoms with Gasteiger partial charge >= 0.3 is 17.9 Å². The van der Waals surface area contributed by atoms with E-state index in [9.17, 15) is 14.4 Å². The largest absolute Gasteiger partial charge is 0.462 e. The number of esters is 3. The Hall–Kier alpha value is -1.59. The molecule has 0 rings (SSSR count). The third kappa shape index (κ3) is 45.9. The molecule has 0 saturated carbocycles. The molecule has 0 aromatic carbocycles. The Morgan fingerprint density at radius 2 is 0.633 bits per heavy atom. The standard InChI is InChI=1S/C54H104O6/c1-6-8-9-10-11-12-13-14-15-16-17-18-19-20-21-26-29-36-41-46-54(57)60-51(48-59-53(56)45-40-35-31-30-32-37-42-49(3)4)47-58-52(55)44-39-34-28-25-23-22-24-27-33-38-43-50(5)7-2/h49-51H,6-48H2,1-5H3/t50?,51-/m1/s1. The third-order valence-electron chi connectivity index (χ3n) is 12.6. The molecule has 0 radical (unpaired) electrons. The SMILES string of the molecule is CCCCCCCCCCCCCCCCCCCCCC(=O)O[C@H](COC(=O)CCCCCCCCCCCCC(C)CC)COC(=O)CCCCCCCCC(C)C. The van der Waals surface area contributed by atoms with E-state index in [1.165, 1.54) is 186 Å². The molecule has 356 valence electrons. The summed E-state index contributed by atoms with van der Waals surface area (Å²) in [5.74, 6) is 0.781. The van der Waals surface area contributed by atoms with Crippen LogP contribution in [0.25, 0.3) is 0 Å². The molecule has 0 aromatic rings. The van der Waals surface area contributed by atoms with Crippen LogP contribution in [0.4, 0.5) is 0 Å². The maximum absolute atomic E-state index is 12.8. The molecule has 0 aliphatic heterocycles. The van der Waals surface area contributed by atoms with E-state index in [4.69, 9.17) is 14.2 Å². The van der Waals surface area contributed by atoms with Crippen molar-refractivity contribution in [1.29, 1.82) is 0 Å². The minimum absolute atomic E-state index is 0.0647. The molecule has 6 heteroatoms. The van der Waals surface area contributed by atoms with Crippen molar-refractivity contribution in [2.45, 2.75) is 304 Å². The van der Waals surface area contributed by atoms with Gasteiger partial charge < -0.3 is 14.2 Å². The van der Waals surface area contributed by atoms with E-state index in [-0.39, 0.29) is 31.1 Å². The molecule has 0 aliphatic rings. The molecule has 0 saturated heterocycles. The van der Waals surface area contributed by atoms with Gasteiger partial charge in [-0.1, -0.05) is 259 Å². The molecule has 6 nitrogen and oxygen atoms in total. The van der Waals surface area contributed by atoms with Crippen LogP contribution in [0.3, 0.4) is 0 Å². The van der Waals surface area contributed by atoms with Gasteiger partial charge in [0.15, 0.2) is 6.10 Å². The number of hydrogen-bond acceptors (Lipinski definition) is 6. The van der Waals surface area contributed by atoms with Crippen molar-refractivity contribution in [1.82, 2.24) is 0 Å². The topological polar surface area (TPSA) is 78.9 Å². The average Bonchev–Trinajstić information content (AvgIpc) is 3.23. The van der Waals surface area contributed by atoms with Crippen LogP contribution in [0, 0.1) is 11.8 Å². The first kappa shape index (κ1) is 58.4. The Kier molecular flexibility index (Phi) is 45.7. The zero-order chi connectivity index (χ0) is 44.0. The van der Waals surface area contributed by atoms with Crippen LogP contribution in [-0.4, -0.2) is 37.2 Å². The maximum atomic E-state index is 12.8. The van der Waals surface area contributed by atoms with Gasteiger partial charge in [-0.25, -0.2) is 0 Å². The predicted octanol–water partition coefficient (Wildman–Crippen LogP) is 17.3. The Balaban J connectivity index is 4.24. The molecule has 0 amide bonds. The summed E-state index contributed by atoms with van der Waals surface area (Å²) in [6.07, 6.45) is 48.2. The molecule has 0 heterocycles. The van der Waals surface area contributed by atoms with Crippen LogP contribution in [0.1, 0.15) is 298 Å². The van der Waals surface area contributed by atoms with Crippen molar-refractivity contribution in [3.05, 3.63) is 0 Å². The first-order valence-electron chi connectivity index (χ1n) is 26.8. The van der Waals surface area contributed by atoms with Crippen LogP contribution in [-0.2, 0) is 28.6 Å². The van der Waals surface area contributed by atoms with Gasteiger partial charge in [0.2, 0.25) is 0 Å². The van der Waals surface area contributed by atoms with Gasteiger partial charge in [-0.2, -0.15) is 0 Å². The van der Waals surface area contributed by atoms with Crippen LogP contribution < -0.4 is 0 Å². The van der Waals surface area contributed by atoms with E-state index >= 15 is 0 Å². The molecule has 0 fully saturated rings. The van der Waals surface area contributed by atoms with Crippen LogP contribution in [0.2, 0.25) is 0 Å². The summed E-state index contributed by atoms with van der Waals surface area (Å²) in [7, 11) is 0. The minimum Gasteiger partial charge on any atom is -0.462 e. The summed E-state index contributed by atoms with van der Waals surface area (Å²) in [4.78, 5) is 37.9. The third-order valence-corrected chi connectivity index (χ3v) is 12.6. The zero-order valence-electron chi connectivity index (χ0n) is 41.1. The van der Waals surface area contributed by atoms with Crippen molar-refractivity contribution < 1.29 is 28.6 Å². The first-order valence-corrected chi connectivity index (χ1v) is 26.8. The van der Waals surface area contributed by atoms with Gasteiger partial charge in [0.1, 0.15) is 13.2 Å². The highest BCUT2D eigenvalue weighted by atomic mass is 16.6. The van der Waals surface area contributed by atoms with Crippen molar-refractivity contribution in [3.8, 4) is 0 Å². The van der Waals surface area contributed by atoms with Crippen molar-refractivity contribution in [2.24, 2.45) is 11.8 Å². The highest BCUT2D eigenvalue weighted by Crippen LogP contribution is 2.18. The Labute approximate surface area is 374 Å². The van der Waals surface area contributed by atoms with E-state index in [2.05, 4.69) is 34.6 Å². The molecule has 1 unspecified atom stereocenters. The lowest BCUT2D eigenvalue weighted by Gasteiger charge is -2.18. The Morgan fingerprint density at radius 3 is 0.950 bits per heavy atom. The fourth-order valence-corrected chi connectivity index (χ4v) is 8.13. The second-order valence-electron chi connectivity index (χ2n) is 19.2. The van der Waals surface area contributed by atoms with E-state index in [0.29, 0.717) is 19.3 Å². The monoisotopic (exact) mass is 849 g/mol. The average molecular weight is 849 g/mol. The molecule has 0 aromatic heterocycles. The predicted molar refractivity (Wildman–Crippen MR) is 256 cm³/mol. The van der Waals surface area contributed by atoms with Crippen LogP contribution in [0.5, 0.6) is 0 Å². The highest BCUT2D eigenvalue weighted by Gasteiger charge is 2.19. The fourth-order valence-electron chi connectivity index (χ4n) is 8.13. The minimum atomic E-state index is -0.762. The van der Waals surface area contributed by atoms with Gasteiger partial charge in [-0.15, -0.1) is 0 Å². The summed E-state index contributed by atoms with van der Waals surface area (Å²) in [6, 6.07) is 0. The van der Waals surface area contributed by atoms with E-state index < -0.39 is 6.10 Å². The number of rotatable bonds is 48. The van der Waals surface area contributed by atoms with Gasteiger partial charge in [0.25, 0.3) is 0 Å². The van der Waals surface area contributed by atoms with E-state index in [1.807, 2.05) is 0 Å². The molecule has 60 heavy (non-hydrogen) atoms. The second kappa shape index (κ2) is 46.9. The lowest BCUT2D eigenvalue weighted by atomic mass is 9.99. The van der Waals surface area contributed by atoms with Crippen molar-refractivity contribution in [2.75, 3.05) is 13.2 Å². The zero-order valence-corrected chi connectivity index (χ0v) is 41.1. The Morgan fingerprint density at radius 1 is 0.350 bits per heavy atom. The molecule has 0 bridgehead atoms. The highest BCUT2D eigenvalue weighted by molar-refractivity contribution is 5.71. The molecule has 0 spiro atoms. The van der Waals surface area contributed by atoms with Crippen LogP contribution in [0.15, 0.2) is 0 Å². The normalized spacial score (nSPS) is 12.5. The number of ether oxygens (including phenoxy) is 3. The molecule has 0 aliphatic carbocycles. The fraction of sp³-hybridized carbons (Fsp3) is 0.944. The summed E-state index contributed by atoms with van der Waals surface area (Å²) in [5.41, 5.74) is 0. The number of carbonyl (C=O) groups is 3. The van der Waals surface area contributed by atoms with Crippen LogP contribution >= 0.6 is 0 Å². The van der Waals surface area contributed by atoms with Gasteiger partial charge in [0, 0.05) is 19.3 Å². The smallest absolute Gasteiger partial charge is 0.306 e. The number of hydrogen-bond donors (Lipinski definition) is 0. The summed E-state index contributed by atoms with van der Waals surface area (Å²) >= 11 is 0. The summed E-state index contributed by atoms with van der Waals surface area (Å²) in [5, 5.41) is 0. The maximum Gasteiger partial charge on any atom is 0.306 e. The quantitative estimate of drug-likeness (QED) is 0.0345. The lowest BCUT2D eigenvalue weighted by molar-refractivity contribution is -0.167. The van der Waals surface area contributed by atoms with Crippen molar-refractivity contribution >= 4 is 17.9 Å². The Bertz CT molecular complexity index is 918. The molecule has 0 N–H and O–H groups in total. The number of carbonyl (C=O) groups excluding carboxylic acids is 3. The van der Waals surface area contributed by atoms with Gasteiger partial charge in [-0.3, -0.25) is 14.4 Å². The van der Waals surface area contributed by atoms with Crippen molar-refractivity contribution in [3.63, 3.8) is 0 Å². The summed E-state index contributed by atoms with van der Waals surface area (Å²) < 4.78 is 16.8. The summed E-state index contributed by atoms with van der Waals surface area (Å²) in [6.45, 7) is 11.3. The second-order valence-corrected chi connectivity index (χ2v) is 19.2. The van der Waals surface area contributed by atoms with E-state index in [1.54, 1.807) is 0 Å². The van der Waals surface area contributed by atoms with Gasteiger partial charge in [0.05, 0.1) is 0 Å². The van der Waals surface area contributed by atoms with Gasteiger partial charge in [-0.05, 0) is 31.1 Å². The number of unbranched alkanes of at least 4 members (excludes halogenated alkanes) is 32.